The van der Waals surface area contributed by atoms with E-state index in [2.05, 4.69) is 28.4 Å². The fourth-order valence-electron chi connectivity index (χ4n) is 5.91. The Balaban J connectivity index is 1.66. The van der Waals surface area contributed by atoms with E-state index >= 15 is 0 Å². The first-order chi connectivity index (χ1) is 16.1. The van der Waals surface area contributed by atoms with Crippen molar-refractivity contribution in [3.05, 3.63) is 80.3 Å². The molecule has 0 unspecified atom stereocenters. The summed E-state index contributed by atoms with van der Waals surface area (Å²) in [7, 11) is 1.65. The summed E-state index contributed by atoms with van der Waals surface area (Å²) < 4.78 is 9.60. The molecule has 2 aliphatic rings. The zero-order valence-electron chi connectivity index (χ0n) is 18.6. The van der Waals surface area contributed by atoms with Gasteiger partial charge in [-0.25, -0.2) is 5.10 Å². The number of H-pyrrole nitrogens is 1. The molecule has 1 N–H and O–H groups in total. The third kappa shape index (κ3) is 3.09. The van der Waals surface area contributed by atoms with Crippen molar-refractivity contribution < 1.29 is 4.74 Å². The van der Waals surface area contributed by atoms with Gasteiger partial charge in [0.05, 0.1) is 19.3 Å². The predicted molar refractivity (Wildman–Crippen MR) is 131 cm³/mol. The maximum Gasteiger partial charge on any atom is 0.259 e. The van der Waals surface area contributed by atoms with Crippen molar-refractivity contribution in [3.63, 3.8) is 0 Å². The highest BCUT2D eigenvalue weighted by atomic mass is 32.1. The summed E-state index contributed by atoms with van der Waals surface area (Å²) in [6, 6.07) is 16.3. The second kappa shape index (κ2) is 7.70. The summed E-state index contributed by atoms with van der Waals surface area (Å²) in [5.41, 5.74) is 5.16. The lowest BCUT2D eigenvalue weighted by Gasteiger charge is -2.42. The van der Waals surface area contributed by atoms with E-state index in [0.29, 0.717) is 17.1 Å². The van der Waals surface area contributed by atoms with Gasteiger partial charge in [0.1, 0.15) is 5.75 Å². The number of benzene rings is 2. The molecule has 2 aromatic carbocycles. The van der Waals surface area contributed by atoms with Gasteiger partial charge < -0.3 is 4.74 Å². The van der Waals surface area contributed by atoms with Crippen molar-refractivity contribution >= 4 is 18.0 Å². The van der Waals surface area contributed by atoms with Gasteiger partial charge >= 0.3 is 0 Å². The molecule has 7 heteroatoms. The van der Waals surface area contributed by atoms with Crippen LogP contribution in [0.1, 0.15) is 48.8 Å². The normalized spacial score (nSPS) is 16.5. The SMILES string of the molecule is COc1ccc(Cn2c(=O)c3c(n4c(=S)[nH]nc24)-c2ccccc2CC32CCCCC2)cc1. The van der Waals surface area contributed by atoms with Crippen molar-refractivity contribution in [2.24, 2.45) is 0 Å². The molecule has 1 saturated carbocycles. The molecule has 1 spiro atoms. The van der Waals surface area contributed by atoms with E-state index < -0.39 is 0 Å². The van der Waals surface area contributed by atoms with Crippen LogP contribution in [0.15, 0.2) is 53.3 Å². The average molecular weight is 459 g/mol. The highest BCUT2D eigenvalue weighted by Gasteiger charge is 2.43. The molecule has 0 aliphatic heterocycles. The molecular weight excluding hydrogens is 432 g/mol. The zero-order valence-corrected chi connectivity index (χ0v) is 19.5. The van der Waals surface area contributed by atoms with Gasteiger partial charge in [-0.15, -0.1) is 5.10 Å². The number of fused-ring (bicyclic) bond motifs is 6. The highest BCUT2D eigenvalue weighted by Crippen LogP contribution is 2.49. The van der Waals surface area contributed by atoms with Crippen molar-refractivity contribution in [2.75, 3.05) is 7.11 Å². The number of rotatable bonds is 3. The smallest absolute Gasteiger partial charge is 0.259 e. The first-order valence-corrected chi connectivity index (χ1v) is 12.0. The van der Waals surface area contributed by atoms with Gasteiger partial charge in [0.2, 0.25) is 10.5 Å². The van der Waals surface area contributed by atoms with E-state index in [1.165, 1.54) is 12.0 Å². The molecule has 6 rings (SSSR count). The minimum atomic E-state index is -0.152. The Morgan fingerprint density at radius 2 is 1.85 bits per heavy atom. The Morgan fingerprint density at radius 3 is 2.61 bits per heavy atom. The van der Waals surface area contributed by atoms with Crippen molar-refractivity contribution in [3.8, 4) is 17.0 Å². The summed E-state index contributed by atoms with van der Waals surface area (Å²) in [5.74, 6) is 1.35. The first kappa shape index (κ1) is 20.4. The van der Waals surface area contributed by atoms with Gasteiger partial charge in [-0.3, -0.25) is 13.8 Å². The van der Waals surface area contributed by atoms with Gasteiger partial charge in [0.15, 0.2) is 0 Å². The van der Waals surface area contributed by atoms with Crippen LogP contribution in [0.5, 0.6) is 5.75 Å². The van der Waals surface area contributed by atoms with Crippen molar-refractivity contribution in [2.45, 2.75) is 50.5 Å². The molecule has 0 radical (unpaired) electrons. The predicted octanol–water partition coefficient (Wildman–Crippen LogP) is 5.04. The standard InChI is InChI=1S/C26H26N4O2S/c1-32-19-11-9-17(10-12-19)16-29-23(31)21-22(30-24(29)27-28-25(30)33)20-8-4-3-7-18(20)15-26(21)13-5-2-6-14-26/h3-4,7-12H,2,5-6,13-16H2,1H3,(H,28,33). The highest BCUT2D eigenvalue weighted by molar-refractivity contribution is 7.71. The van der Waals surface area contributed by atoms with Gasteiger partial charge in [-0.1, -0.05) is 55.7 Å². The third-order valence-corrected chi connectivity index (χ3v) is 7.73. The lowest BCUT2D eigenvalue weighted by Crippen LogP contribution is -2.43. The van der Waals surface area contributed by atoms with Crippen LogP contribution in [0.25, 0.3) is 17.0 Å². The number of hydrogen-bond donors (Lipinski definition) is 1. The molecule has 0 atom stereocenters. The average Bonchev–Trinajstić information content (AvgIpc) is 3.23. The molecule has 1 fully saturated rings. The molecule has 0 amide bonds. The van der Waals surface area contributed by atoms with Crippen LogP contribution >= 0.6 is 12.2 Å². The first-order valence-electron chi connectivity index (χ1n) is 11.6. The minimum absolute atomic E-state index is 0.0544. The van der Waals surface area contributed by atoms with E-state index in [-0.39, 0.29) is 11.0 Å². The van der Waals surface area contributed by atoms with Crippen LogP contribution < -0.4 is 10.3 Å². The van der Waals surface area contributed by atoms with Gasteiger partial charge in [0, 0.05) is 16.5 Å². The Morgan fingerprint density at radius 1 is 1.09 bits per heavy atom. The lowest BCUT2D eigenvalue weighted by molar-refractivity contribution is 0.283. The molecular formula is C26H26N4O2S. The summed E-state index contributed by atoms with van der Waals surface area (Å²) >= 11 is 5.70. The van der Waals surface area contributed by atoms with E-state index in [1.807, 2.05) is 34.7 Å². The molecule has 2 aliphatic carbocycles. The monoisotopic (exact) mass is 458 g/mol. The topological polar surface area (TPSA) is 64.3 Å². The molecule has 0 bridgehead atoms. The Bertz CT molecular complexity index is 1470. The Hall–Kier alpha value is -3.19. The maximum absolute atomic E-state index is 14.3. The largest absolute Gasteiger partial charge is 0.497 e. The van der Waals surface area contributed by atoms with Crippen LogP contribution in [-0.2, 0) is 18.4 Å². The molecule has 4 aromatic rings. The van der Waals surface area contributed by atoms with E-state index in [4.69, 9.17) is 17.0 Å². The van der Waals surface area contributed by atoms with E-state index in [1.54, 1.807) is 11.7 Å². The quantitative estimate of drug-likeness (QED) is 0.437. The van der Waals surface area contributed by atoms with Crippen molar-refractivity contribution in [1.29, 1.82) is 0 Å². The van der Waals surface area contributed by atoms with Crippen LogP contribution in [0.2, 0.25) is 0 Å². The lowest BCUT2D eigenvalue weighted by atomic mass is 9.62. The summed E-state index contributed by atoms with van der Waals surface area (Å²) in [5, 5.41) is 7.46. The fourth-order valence-corrected chi connectivity index (χ4v) is 6.13. The van der Waals surface area contributed by atoms with Crippen LogP contribution in [0, 0.1) is 4.77 Å². The summed E-state index contributed by atoms with van der Waals surface area (Å²) in [6.07, 6.45) is 6.49. The molecule has 6 nitrogen and oxygen atoms in total. The van der Waals surface area contributed by atoms with Gasteiger partial charge in [-0.05, 0) is 54.7 Å². The van der Waals surface area contributed by atoms with Gasteiger partial charge in [0.25, 0.3) is 5.56 Å². The summed E-state index contributed by atoms with van der Waals surface area (Å²) in [6.45, 7) is 0.428. The zero-order chi connectivity index (χ0) is 22.6. The number of hydrogen-bond acceptors (Lipinski definition) is 4. The number of aromatic amines is 1. The Kier molecular flexibility index (Phi) is 4.76. The fraction of sp³-hybridized carbons (Fsp3) is 0.346. The van der Waals surface area contributed by atoms with E-state index in [0.717, 1.165) is 60.2 Å². The molecule has 2 heterocycles. The van der Waals surface area contributed by atoms with Crippen LogP contribution in [0.4, 0.5) is 0 Å². The number of aromatic nitrogens is 4. The second-order valence-electron chi connectivity index (χ2n) is 9.30. The number of nitrogens with one attached hydrogen (secondary N) is 1. The van der Waals surface area contributed by atoms with Crippen LogP contribution in [-0.4, -0.2) is 26.3 Å². The van der Waals surface area contributed by atoms with Crippen molar-refractivity contribution in [1.82, 2.24) is 19.2 Å². The molecule has 2 aromatic heterocycles. The van der Waals surface area contributed by atoms with Gasteiger partial charge in [-0.2, -0.15) is 0 Å². The number of ether oxygens (including phenoxy) is 1. The third-order valence-electron chi connectivity index (χ3n) is 7.46. The molecule has 168 valence electrons. The summed E-state index contributed by atoms with van der Waals surface area (Å²) in [4.78, 5) is 14.3. The number of nitrogens with zero attached hydrogens (tertiary/aromatic N) is 3. The number of methoxy groups -OCH3 is 1. The molecule has 33 heavy (non-hydrogen) atoms. The minimum Gasteiger partial charge on any atom is -0.497 e. The van der Waals surface area contributed by atoms with Crippen LogP contribution in [0.3, 0.4) is 0 Å². The van der Waals surface area contributed by atoms with E-state index in [9.17, 15) is 4.79 Å². The Labute approximate surface area is 196 Å². The second-order valence-corrected chi connectivity index (χ2v) is 9.69. The molecule has 0 saturated heterocycles. The maximum atomic E-state index is 14.3.